The molecular formula is C10H15N3OS. The average molecular weight is 225 g/mol. The molecule has 1 amide bonds. The molecule has 1 saturated heterocycles. The van der Waals surface area contributed by atoms with Gasteiger partial charge in [-0.3, -0.25) is 4.79 Å². The van der Waals surface area contributed by atoms with Gasteiger partial charge in [-0.05, 0) is 18.9 Å². The number of nitrogens with one attached hydrogen (secondary N) is 2. The Balaban J connectivity index is 1.82. The monoisotopic (exact) mass is 225 g/mol. The van der Waals surface area contributed by atoms with E-state index in [1.54, 1.807) is 16.8 Å². The van der Waals surface area contributed by atoms with Gasteiger partial charge in [-0.1, -0.05) is 6.92 Å². The summed E-state index contributed by atoms with van der Waals surface area (Å²) in [4.78, 5) is 15.9. The van der Waals surface area contributed by atoms with Crippen LogP contribution in [-0.4, -0.2) is 23.5 Å². The van der Waals surface area contributed by atoms with Crippen LogP contribution in [0.5, 0.6) is 0 Å². The van der Waals surface area contributed by atoms with E-state index >= 15 is 0 Å². The molecule has 2 rings (SSSR count). The van der Waals surface area contributed by atoms with E-state index in [1.165, 1.54) is 0 Å². The molecule has 1 aromatic rings. The first kappa shape index (κ1) is 10.6. The lowest BCUT2D eigenvalue weighted by atomic mass is 10.0. The number of carbonyl (C=O) groups excluding carboxylic acids is 1. The standard InChI is InChI=1S/C10H15N3OS/c1-7-2-3-11-9(7)10(14)12-4-8-5-15-6-13-8/h5-7,9,11H,2-4H2,1H3,(H,12,14). The molecule has 2 heterocycles. The molecule has 1 aliphatic rings. The smallest absolute Gasteiger partial charge is 0.237 e. The van der Waals surface area contributed by atoms with Crippen molar-refractivity contribution in [2.24, 2.45) is 5.92 Å². The highest BCUT2D eigenvalue weighted by atomic mass is 32.1. The molecule has 1 aliphatic heterocycles. The summed E-state index contributed by atoms with van der Waals surface area (Å²) in [5, 5.41) is 8.06. The number of hydrogen-bond donors (Lipinski definition) is 2. The van der Waals surface area contributed by atoms with Gasteiger partial charge in [0.1, 0.15) is 0 Å². The van der Waals surface area contributed by atoms with Crippen molar-refractivity contribution in [2.45, 2.75) is 25.9 Å². The molecule has 0 spiro atoms. The van der Waals surface area contributed by atoms with Crippen LogP contribution in [-0.2, 0) is 11.3 Å². The SMILES string of the molecule is CC1CCNC1C(=O)NCc1cscn1. The van der Waals surface area contributed by atoms with Crippen molar-refractivity contribution in [3.63, 3.8) is 0 Å². The highest BCUT2D eigenvalue weighted by Gasteiger charge is 2.28. The van der Waals surface area contributed by atoms with Crippen molar-refractivity contribution >= 4 is 17.2 Å². The van der Waals surface area contributed by atoms with E-state index in [2.05, 4.69) is 22.5 Å². The van der Waals surface area contributed by atoms with Gasteiger partial charge in [0.15, 0.2) is 0 Å². The van der Waals surface area contributed by atoms with Crippen LogP contribution in [0.4, 0.5) is 0 Å². The first-order valence-electron chi connectivity index (χ1n) is 5.15. The summed E-state index contributed by atoms with van der Waals surface area (Å²) in [6.45, 7) is 3.58. The van der Waals surface area contributed by atoms with Crippen LogP contribution in [0.25, 0.3) is 0 Å². The number of nitrogens with zero attached hydrogens (tertiary/aromatic N) is 1. The number of rotatable bonds is 3. The summed E-state index contributed by atoms with van der Waals surface area (Å²) < 4.78 is 0. The fraction of sp³-hybridized carbons (Fsp3) is 0.600. The van der Waals surface area contributed by atoms with Crippen LogP contribution in [0.3, 0.4) is 0 Å². The van der Waals surface area contributed by atoms with E-state index in [0.29, 0.717) is 12.5 Å². The Bertz CT molecular complexity index is 325. The quantitative estimate of drug-likeness (QED) is 0.798. The van der Waals surface area contributed by atoms with Gasteiger partial charge in [0, 0.05) is 5.38 Å². The topological polar surface area (TPSA) is 54.0 Å². The van der Waals surface area contributed by atoms with E-state index in [1.807, 2.05) is 5.38 Å². The Hall–Kier alpha value is -0.940. The first-order valence-corrected chi connectivity index (χ1v) is 6.10. The molecule has 2 N–H and O–H groups in total. The summed E-state index contributed by atoms with van der Waals surface area (Å²) in [6, 6.07) is -0.0244. The first-order chi connectivity index (χ1) is 7.27. The lowest BCUT2D eigenvalue weighted by molar-refractivity contribution is -0.123. The largest absolute Gasteiger partial charge is 0.349 e. The van der Waals surface area contributed by atoms with E-state index < -0.39 is 0 Å². The summed E-state index contributed by atoms with van der Waals surface area (Å²) >= 11 is 1.55. The third-order valence-electron chi connectivity index (χ3n) is 2.74. The van der Waals surface area contributed by atoms with E-state index in [0.717, 1.165) is 18.7 Å². The molecule has 0 aromatic carbocycles. The summed E-state index contributed by atoms with van der Waals surface area (Å²) in [7, 11) is 0. The van der Waals surface area contributed by atoms with Crippen LogP contribution < -0.4 is 10.6 Å². The zero-order valence-electron chi connectivity index (χ0n) is 8.69. The summed E-state index contributed by atoms with van der Waals surface area (Å²) in [5.74, 6) is 0.522. The van der Waals surface area contributed by atoms with Gasteiger partial charge in [0.2, 0.25) is 5.91 Å². The fourth-order valence-corrected chi connectivity index (χ4v) is 2.36. The predicted octanol–water partition coefficient (Wildman–Crippen LogP) is 0.757. The predicted molar refractivity (Wildman–Crippen MR) is 59.5 cm³/mol. The lowest BCUT2D eigenvalue weighted by Crippen LogP contribution is -2.42. The number of amides is 1. The van der Waals surface area contributed by atoms with Gasteiger partial charge in [0.25, 0.3) is 0 Å². The summed E-state index contributed by atoms with van der Waals surface area (Å²) in [5.41, 5.74) is 2.71. The Labute approximate surface area is 93.1 Å². The van der Waals surface area contributed by atoms with Crippen LogP contribution in [0.1, 0.15) is 19.0 Å². The molecule has 2 unspecified atom stereocenters. The molecule has 0 aliphatic carbocycles. The van der Waals surface area contributed by atoms with Crippen LogP contribution in [0.15, 0.2) is 10.9 Å². The van der Waals surface area contributed by atoms with Gasteiger partial charge in [-0.15, -0.1) is 11.3 Å². The number of carbonyl (C=O) groups is 1. The maximum Gasteiger partial charge on any atom is 0.237 e. The lowest BCUT2D eigenvalue weighted by Gasteiger charge is -2.14. The number of thiazole rings is 1. The Morgan fingerprint density at radius 3 is 3.27 bits per heavy atom. The molecule has 1 aromatic heterocycles. The van der Waals surface area contributed by atoms with Gasteiger partial charge in [-0.25, -0.2) is 4.98 Å². The van der Waals surface area contributed by atoms with Gasteiger partial charge in [-0.2, -0.15) is 0 Å². The number of hydrogen-bond acceptors (Lipinski definition) is 4. The molecule has 0 bridgehead atoms. The van der Waals surface area contributed by atoms with Crippen molar-refractivity contribution in [1.29, 1.82) is 0 Å². The molecule has 1 fully saturated rings. The Kier molecular flexibility index (Phi) is 3.33. The Morgan fingerprint density at radius 1 is 1.80 bits per heavy atom. The third kappa shape index (κ3) is 2.54. The normalized spacial score (nSPS) is 25.4. The van der Waals surface area contributed by atoms with Gasteiger partial charge in [0.05, 0.1) is 23.8 Å². The minimum atomic E-state index is -0.0244. The second-order valence-electron chi connectivity index (χ2n) is 3.90. The van der Waals surface area contributed by atoms with Crippen molar-refractivity contribution in [2.75, 3.05) is 6.54 Å². The molecule has 82 valence electrons. The van der Waals surface area contributed by atoms with E-state index in [4.69, 9.17) is 0 Å². The van der Waals surface area contributed by atoms with Crippen LogP contribution >= 0.6 is 11.3 Å². The molecule has 4 nitrogen and oxygen atoms in total. The molecule has 15 heavy (non-hydrogen) atoms. The van der Waals surface area contributed by atoms with Crippen molar-refractivity contribution < 1.29 is 4.79 Å². The van der Waals surface area contributed by atoms with Gasteiger partial charge < -0.3 is 10.6 Å². The maximum absolute atomic E-state index is 11.8. The van der Waals surface area contributed by atoms with Crippen molar-refractivity contribution in [1.82, 2.24) is 15.6 Å². The van der Waals surface area contributed by atoms with Crippen LogP contribution in [0.2, 0.25) is 0 Å². The molecular weight excluding hydrogens is 210 g/mol. The second kappa shape index (κ2) is 4.72. The maximum atomic E-state index is 11.8. The van der Waals surface area contributed by atoms with Crippen molar-refractivity contribution in [3.8, 4) is 0 Å². The van der Waals surface area contributed by atoms with E-state index in [9.17, 15) is 4.79 Å². The summed E-state index contributed by atoms with van der Waals surface area (Å²) in [6.07, 6.45) is 1.08. The molecule has 0 radical (unpaired) electrons. The highest BCUT2D eigenvalue weighted by molar-refractivity contribution is 7.07. The van der Waals surface area contributed by atoms with E-state index in [-0.39, 0.29) is 11.9 Å². The zero-order chi connectivity index (χ0) is 10.7. The molecule has 2 atom stereocenters. The fourth-order valence-electron chi connectivity index (χ4n) is 1.80. The number of aromatic nitrogens is 1. The van der Waals surface area contributed by atoms with Crippen molar-refractivity contribution in [3.05, 3.63) is 16.6 Å². The Morgan fingerprint density at radius 2 is 2.67 bits per heavy atom. The van der Waals surface area contributed by atoms with Gasteiger partial charge >= 0.3 is 0 Å². The zero-order valence-corrected chi connectivity index (χ0v) is 9.51. The minimum Gasteiger partial charge on any atom is -0.349 e. The highest BCUT2D eigenvalue weighted by Crippen LogP contribution is 2.14. The third-order valence-corrected chi connectivity index (χ3v) is 3.38. The average Bonchev–Trinajstić information content (AvgIpc) is 2.84. The minimum absolute atomic E-state index is 0.0244. The second-order valence-corrected chi connectivity index (χ2v) is 4.61. The molecule has 0 saturated carbocycles. The molecule has 5 heteroatoms. The van der Waals surface area contributed by atoms with Crippen LogP contribution in [0, 0.1) is 5.92 Å².